The summed E-state index contributed by atoms with van der Waals surface area (Å²) in [4.78, 5) is 0. The number of benzene rings is 1. The molecule has 0 saturated heterocycles. The first kappa shape index (κ1) is 14.6. The van der Waals surface area contributed by atoms with Gasteiger partial charge in [0, 0.05) is 17.5 Å². The maximum atomic E-state index is 10.0. The van der Waals surface area contributed by atoms with Gasteiger partial charge in [-0.25, -0.2) is 0 Å². The lowest BCUT2D eigenvalue weighted by atomic mass is 9.98. The molecule has 0 saturated carbocycles. The number of phenolic OH excluding ortho intramolecular Hbond substituents is 1. The molecule has 108 valence electrons. The zero-order chi connectivity index (χ0) is 14.8. The van der Waals surface area contributed by atoms with Gasteiger partial charge < -0.3 is 15.2 Å². The molecular formula is C14H19N3O2S. The highest BCUT2D eigenvalue weighted by atomic mass is 32.1. The Morgan fingerprint density at radius 1 is 1.30 bits per heavy atom. The van der Waals surface area contributed by atoms with Gasteiger partial charge >= 0.3 is 0 Å². The van der Waals surface area contributed by atoms with Crippen LogP contribution >= 0.6 is 11.3 Å². The van der Waals surface area contributed by atoms with Crippen molar-refractivity contribution in [1.82, 2.24) is 10.2 Å². The summed E-state index contributed by atoms with van der Waals surface area (Å²) < 4.78 is 5.08. The smallest absolute Gasteiger partial charge is 0.205 e. The minimum absolute atomic E-state index is 0.00426. The number of nitrogens with zero attached hydrogens (tertiary/aromatic N) is 2. The topological polar surface area (TPSA) is 67.3 Å². The van der Waals surface area contributed by atoms with E-state index in [2.05, 4.69) is 36.3 Å². The highest BCUT2D eigenvalue weighted by Crippen LogP contribution is 2.31. The van der Waals surface area contributed by atoms with Crippen molar-refractivity contribution in [1.29, 1.82) is 0 Å². The second kappa shape index (κ2) is 5.66. The van der Waals surface area contributed by atoms with E-state index in [9.17, 15) is 5.11 Å². The van der Waals surface area contributed by atoms with E-state index >= 15 is 0 Å². The molecule has 20 heavy (non-hydrogen) atoms. The van der Waals surface area contributed by atoms with E-state index in [4.69, 9.17) is 4.74 Å². The van der Waals surface area contributed by atoms with E-state index in [1.165, 1.54) is 18.4 Å². The number of nitrogens with one attached hydrogen (secondary N) is 1. The quantitative estimate of drug-likeness (QED) is 0.906. The molecule has 0 bridgehead atoms. The monoisotopic (exact) mass is 293 g/mol. The van der Waals surface area contributed by atoms with E-state index in [1.54, 1.807) is 6.07 Å². The second-order valence-corrected chi connectivity index (χ2v) is 6.46. The predicted molar refractivity (Wildman–Crippen MR) is 80.6 cm³/mol. The first-order chi connectivity index (χ1) is 9.41. The average molecular weight is 293 g/mol. The van der Waals surface area contributed by atoms with Crippen LogP contribution in [0.4, 0.5) is 5.13 Å². The molecule has 0 radical (unpaired) electrons. The number of phenols is 1. The highest BCUT2D eigenvalue weighted by Gasteiger charge is 2.19. The third-order valence-corrected chi connectivity index (χ3v) is 4.11. The molecule has 0 amide bonds. The van der Waals surface area contributed by atoms with Gasteiger partial charge in [0.05, 0.1) is 7.11 Å². The molecule has 0 unspecified atom stereocenters. The van der Waals surface area contributed by atoms with Crippen molar-refractivity contribution in [3.05, 3.63) is 28.8 Å². The fourth-order valence-electron chi connectivity index (χ4n) is 1.64. The lowest BCUT2D eigenvalue weighted by Gasteiger charge is -2.12. The first-order valence-electron chi connectivity index (χ1n) is 6.34. The van der Waals surface area contributed by atoms with Gasteiger partial charge in [-0.3, -0.25) is 0 Å². The lowest BCUT2D eigenvalue weighted by Crippen LogP contribution is -2.10. The second-order valence-electron chi connectivity index (χ2n) is 5.48. The molecule has 5 nitrogen and oxygen atoms in total. The van der Waals surface area contributed by atoms with Crippen molar-refractivity contribution in [3.63, 3.8) is 0 Å². The number of aromatic nitrogens is 2. The molecule has 2 aromatic rings. The van der Waals surface area contributed by atoms with Crippen molar-refractivity contribution in [3.8, 4) is 11.5 Å². The van der Waals surface area contributed by atoms with E-state index in [0.717, 1.165) is 15.7 Å². The van der Waals surface area contributed by atoms with E-state index in [1.807, 2.05) is 12.1 Å². The number of hydrogen-bond donors (Lipinski definition) is 2. The Morgan fingerprint density at radius 2 is 2.05 bits per heavy atom. The zero-order valence-electron chi connectivity index (χ0n) is 12.1. The van der Waals surface area contributed by atoms with Crippen molar-refractivity contribution in [2.24, 2.45) is 0 Å². The number of anilines is 1. The van der Waals surface area contributed by atoms with Gasteiger partial charge in [0.2, 0.25) is 5.13 Å². The third-order valence-electron chi connectivity index (χ3n) is 2.80. The molecule has 0 aliphatic rings. The highest BCUT2D eigenvalue weighted by molar-refractivity contribution is 7.15. The summed E-state index contributed by atoms with van der Waals surface area (Å²) in [7, 11) is 1.53. The van der Waals surface area contributed by atoms with E-state index in [-0.39, 0.29) is 11.2 Å². The number of ether oxygens (including phenoxy) is 1. The SMILES string of the molecule is COc1cccc(CNc2nnc(C(C)(C)C)s2)c1O. The molecular weight excluding hydrogens is 274 g/mol. The molecule has 0 aliphatic carbocycles. The molecule has 6 heteroatoms. The first-order valence-corrected chi connectivity index (χ1v) is 7.16. The fourth-order valence-corrected chi connectivity index (χ4v) is 2.44. The summed E-state index contributed by atoms with van der Waals surface area (Å²) >= 11 is 1.53. The summed E-state index contributed by atoms with van der Waals surface area (Å²) in [5.74, 6) is 0.625. The maximum absolute atomic E-state index is 10.0. The van der Waals surface area contributed by atoms with E-state index in [0.29, 0.717) is 12.3 Å². The van der Waals surface area contributed by atoms with Crippen LogP contribution < -0.4 is 10.1 Å². The summed E-state index contributed by atoms with van der Waals surface area (Å²) in [6.45, 7) is 6.78. The average Bonchev–Trinajstić information content (AvgIpc) is 2.86. The molecule has 0 atom stereocenters. The van der Waals surface area contributed by atoms with Gasteiger partial charge in [-0.1, -0.05) is 44.2 Å². The van der Waals surface area contributed by atoms with Crippen molar-refractivity contribution in [2.75, 3.05) is 12.4 Å². The number of rotatable bonds is 4. The minimum atomic E-state index is -0.00426. The summed E-state index contributed by atoms with van der Waals surface area (Å²) in [6, 6.07) is 5.41. The lowest BCUT2D eigenvalue weighted by molar-refractivity contribution is 0.371. The number of hydrogen-bond acceptors (Lipinski definition) is 6. The Hall–Kier alpha value is -1.82. The molecule has 0 fully saturated rings. The van der Waals surface area contributed by atoms with Crippen molar-refractivity contribution in [2.45, 2.75) is 32.7 Å². The van der Waals surface area contributed by atoms with Crippen LogP contribution in [0.5, 0.6) is 11.5 Å². The van der Waals surface area contributed by atoms with Crippen LogP contribution in [0, 0.1) is 0 Å². The van der Waals surface area contributed by atoms with Crippen molar-refractivity contribution < 1.29 is 9.84 Å². The van der Waals surface area contributed by atoms with Crippen LogP contribution in [0.2, 0.25) is 0 Å². The zero-order valence-corrected chi connectivity index (χ0v) is 12.9. The van der Waals surface area contributed by atoms with Crippen LogP contribution in [-0.2, 0) is 12.0 Å². The minimum Gasteiger partial charge on any atom is -0.504 e. The predicted octanol–water partition coefficient (Wildman–Crippen LogP) is 3.16. The Labute approximate surface area is 122 Å². The maximum Gasteiger partial charge on any atom is 0.205 e. The normalized spacial score (nSPS) is 11.4. The Kier molecular flexibility index (Phi) is 4.13. The van der Waals surface area contributed by atoms with Crippen LogP contribution in [0.25, 0.3) is 0 Å². The van der Waals surface area contributed by atoms with Gasteiger partial charge in [-0.15, -0.1) is 10.2 Å². The Bertz CT molecular complexity index is 590. The molecule has 0 aliphatic heterocycles. The molecule has 1 aromatic carbocycles. The number of para-hydroxylation sites is 1. The summed E-state index contributed by atoms with van der Waals surface area (Å²) in [6.07, 6.45) is 0. The van der Waals surface area contributed by atoms with Crippen LogP contribution in [0.15, 0.2) is 18.2 Å². The molecule has 2 rings (SSSR count). The van der Waals surface area contributed by atoms with Gasteiger partial charge in [0.15, 0.2) is 11.5 Å². The van der Waals surface area contributed by atoms with Crippen LogP contribution in [0.1, 0.15) is 31.3 Å². The third kappa shape index (κ3) is 3.19. The van der Waals surface area contributed by atoms with Gasteiger partial charge in [0.25, 0.3) is 0 Å². The van der Waals surface area contributed by atoms with Crippen LogP contribution in [-0.4, -0.2) is 22.4 Å². The van der Waals surface area contributed by atoms with Gasteiger partial charge in [0.1, 0.15) is 5.01 Å². The van der Waals surface area contributed by atoms with E-state index < -0.39 is 0 Å². The Balaban J connectivity index is 2.08. The van der Waals surface area contributed by atoms with Gasteiger partial charge in [-0.05, 0) is 6.07 Å². The number of methoxy groups -OCH3 is 1. The van der Waals surface area contributed by atoms with Crippen LogP contribution in [0.3, 0.4) is 0 Å². The molecule has 0 spiro atoms. The molecule has 2 N–H and O–H groups in total. The number of aromatic hydroxyl groups is 1. The fraction of sp³-hybridized carbons (Fsp3) is 0.429. The summed E-state index contributed by atoms with van der Waals surface area (Å²) in [5.41, 5.74) is 0.757. The standard InChI is InChI=1S/C14H19N3O2S/c1-14(2,3)12-16-17-13(20-12)15-8-9-6-5-7-10(19-4)11(9)18/h5-7,18H,8H2,1-4H3,(H,15,17). The van der Waals surface area contributed by atoms with Crippen molar-refractivity contribution >= 4 is 16.5 Å². The molecule has 1 aromatic heterocycles. The summed E-state index contributed by atoms with van der Waals surface area (Å²) in [5, 5.41) is 23.2. The Morgan fingerprint density at radius 3 is 2.65 bits per heavy atom. The molecule has 1 heterocycles. The van der Waals surface area contributed by atoms with Gasteiger partial charge in [-0.2, -0.15) is 0 Å². The largest absolute Gasteiger partial charge is 0.504 e.